The first-order valence-corrected chi connectivity index (χ1v) is 9.82. The molecule has 1 amide bonds. The summed E-state index contributed by atoms with van der Waals surface area (Å²) in [7, 11) is -3.72. The van der Waals surface area contributed by atoms with E-state index in [0.29, 0.717) is 17.1 Å². The van der Waals surface area contributed by atoms with Crippen LogP contribution in [0, 0.1) is 6.92 Å². The molecule has 0 fully saturated rings. The number of hydrogen-bond donors (Lipinski definition) is 2. The summed E-state index contributed by atoms with van der Waals surface area (Å²) in [6.07, 6.45) is 0.811. The second-order valence-electron chi connectivity index (χ2n) is 5.68. The van der Waals surface area contributed by atoms with Crippen LogP contribution in [0.2, 0.25) is 5.02 Å². The molecule has 0 unspecified atom stereocenters. The van der Waals surface area contributed by atoms with Crippen LogP contribution in [-0.4, -0.2) is 20.9 Å². The van der Waals surface area contributed by atoms with E-state index in [1.807, 2.05) is 6.92 Å². The van der Waals surface area contributed by atoms with Crippen LogP contribution in [0.15, 0.2) is 47.4 Å². The van der Waals surface area contributed by atoms with Crippen molar-refractivity contribution in [1.29, 1.82) is 0 Å². The number of aryl methyl sites for hydroxylation is 1. The zero-order valence-electron chi connectivity index (χ0n) is 14.2. The molecule has 5 nitrogen and oxygen atoms in total. The Morgan fingerprint density at radius 1 is 1.12 bits per heavy atom. The molecule has 0 aliphatic rings. The fraction of sp³-hybridized carbons (Fsp3) is 0.278. The summed E-state index contributed by atoms with van der Waals surface area (Å²) < 4.78 is 27.5. The van der Waals surface area contributed by atoms with Gasteiger partial charge in [0.2, 0.25) is 10.0 Å². The number of rotatable bonds is 7. The van der Waals surface area contributed by atoms with Crippen molar-refractivity contribution in [3.63, 3.8) is 0 Å². The maximum atomic E-state index is 12.5. The summed E-state index contributed by atoms with van der Waals surface area (Å²) >= 11 is 5.82. The lowest BCUT2D eigenvalue weighted by Gasteiger charge is -2.11. The van der Waals surface area contributed by atoms with E-state index in [9.17, 15) is 13.2 Å². The van der Waals surface area contributed by atoms with Crippen molar-refractivity contribution >= 4 is 27.5 Å². The SMILES string of the molecule is CCCNC(=O)c1cc(S(=O)(=O)NCc2ccc(Cl)cc2)ccc1C. The molecule has 2 aromatic carbocycles. The molecular weight excluding hydrogens is 360 g/mol. The maximum Gasteiger partial charge on any atom is 0.251 e. The van der Waals surface area contributed by atoms with Crippen LogP contribution in [-0.2, 0) is 16.6 Å². The Balaban J connectivity index is 2.18. The number of nitrogens with one attached hydrogen (secondary N) is 2. The number of carbonyl (C=O) groups excluding carboxylic acids is 1. The molecule has 0 atom stereocenters. The van der Waals surface area contributed by atoms with Gasteiger partial charge in [0.05, 0.1) is 4.90 Å². The van der Waals surface area contributed by atoms with Gasteiger partial charge in [0.25, 0.3) is 5.91 Å². The molecule has 0 saturated heterocycles. The van der Waals surface area contributed by atoms with E-state index in [1.54, 1.807) is 37.3 Å². The Labute approximate surface area is 153 Å². The molecule has 0 aliphatic heterocycles. The average molecular weight is 381 g/mol. The minimum Gasteiger partial charge on any atom is -0.352 e. The molecule has 0 radical (unpaired) electrons. The summed E-state index contributed by atoms with van der Waals surface area (Å²) in [4.78, 5) is 12.2. The van der Waals surface area contributed by atoms with E-state index in [1.165, 1.54) is 12.1 Å². The van der Waals surface area contributed by atoms with Crippen molar-refractivity contribution in [3.8, 4) is 0 Å². The molecular formula is C18H21ClN2O3S. The van der Waals surface area contributed by atoms with Crippen molar-refractivity contribution in [2.45, 2.75) is 31.7 Å². The number of sulfonamides is 1. The number of benzene rings is 2. The van der Waals surface area contributed by atoms with Gasteiger partial charge in [-0.3, -0.25) is 4.79 Å². The second kappa shape index (κ2) is 8.47. The van der Waals surface area contributed by atoms with Gasteiger partial charge in [0.1, 0.15) is 0 Å². The van der Waals surface area contributed by atoms with Gasteiger partial charge in [-0.15, -0.1) is 0 Å². The zero-order chi connectivity index (χ0) is 18.4. The lowest BCUT2D eigenvalue weighted by molar-refractivity contribution is 0.0953. The van der Waals surface area contributed by atoms with E-state index in [0.717, 1.165) is 17.5 Å². The summed E-state index contributed by atoms with van der Waals surface area (Å²) in [5, 5.41) is 3.36. The molecule has 7 heteroatoms. The van der Waals surface area contributed by atoms with E-state index in [-0.39, 0.29) is 17.3 Å². The van der Waals surface area contributed by atoms with Crippen molar-refractivity contribution in [2.24, 2.45) is 0 Å². The van der Waals surface area contributed by atoms with E-state index < -0.39 is 10.0 Å². The zero-order valence-corrected chi connectivity index (χ0v) is 15.7. The quantitative estimate of drug-likeness (QED) is 0.774. The molecule has 0 aromatic heterocycles. The van der Waals surface area contributed by atoms with E-state index in [4.69, 9.17) is 11.6 Å². The fourth-order valence-electron chi connectivity index (χ4n) is 2.21. The van der Waals surface area contributed by atoms with Crippen molar-refractivity contribution < 1.29 is 13.2 Å². The molecule has 0 saturated carbocycles. The highest BCUT2D eigenvalue weighted by molar-refractivity contribution is 7.89. The first-order chi connectivity index (χ1) is 11.8. The van der Waals surface area contributed by atoms with Gasteiger partial charge in [-0.2, -0.15) is 0 Å². The second-order valence-corrected chi connectivity index (χ2v) is 7.89. The van der Waals surface area contributed by atoms with E-state index in [2.05, 4.69) is 10.0 Å². The molecule has 0 aliphatic carbocycles. The minimum absolute atomic E-state index is 0.0636. The van der Waals surface area contributed by atoms with Crippen LogP contribution in [0.5, 0.6) is 0 Å². The number of halogens is 1. The molecule has 2 rings (SSSR count). The van der Waals surface area contributed by atoms with Gasteiger partial charge in [-0.1, -0.05) is 36.7 Å². The Morgan fingerprint density at radius 2 is 1.80 bits per heavy atom. The van der Waals surface area contributed by atoms with Gasteiger partial charge in [-0.25, -0.2) is 13.1 Å². The van der Waals surface area contributed by atoms with E-state index >= 15 is 0 Å². The van der Waals surface area contributed by atoms with Crippen LogP contribution in [0.3, 0.4) is 0 Å². The molecule has 0 heterocycles. The normalized spacial score (nSPS) is 11.3. The highest BCUT2D eigenvalue weighted by Crippen LogP contribution is 2.17. The highest BCUT2D eigenvalue weighted by Gasteiger charge is 2.17. The van der Waals surface area contributed by atoms with Crippen LogP contribution in [0.1, 0.15) is 34.8 Å². The topological polar surface area (TPSA) is 75.3 Å². The number of amides is 1. The predicted molar refractivity (Wildman–Crippen MR) is 99.3 cm³/mol. The third-order valence-electron chi connectivity index (χ3n) is 3.68. The summed E-state index contributed by atoms with van der Waals surface area (Å²) in [6, 6.07) is 11.5. The monoisotopic (exact) mass is 380 g/mol. The van der Waals surface area contributed by atoms with Crippen molar-refractivity contribution in [3.05, 3.63) is 64.2 Å². The summed E-state index contributed by atoms with van der Waals surface area (Å²) in [5.41, 5.74) is 1.88. The molecule has 134 valence electrons. The molecule has 2 N–H and O–H groups in total. The number of carbonyl (C=O) groups is 1. The molecule has 25 heavy (non-hydrogen) atoms. The van der Waals surface area contributed by atoms with Gasteiger partial charge in [0.15, 0.2) is 0 Å². The largest absolute Gasteiger partial charge is 0.352 e. The first kappa shape index (κ1) is 19.4. The lowest BCUT2D eigenvalue weighted by Crippen LogP contribution is -2.26. The third-order valence-corrected chi connectivity index (χ3v) is 5.33. The first-order valence-electron chi connectivity index (χ1n) is 7.96. The Kier molecular flexibility index (Phi) is 6.58. The molecule has 2 aromatic rings. The standard InChI is InChI=1S/C18H21ClN2O3S/c1-3-10-20-18(22)17-11-16(9-4-13(17)2)25(23,24)21-12-14-5-7-15(19)8-6-14/h4-9,11,21H,3,10,12H2,1-2H3,(H,20,22). The maximum absolute atomic E-state index is 12.5. The average Bonchev–Trinajstić information content (AvgIpc) is 2.59. The highest BCUT2D eigenvalue weighted by atomic mass is 35.5. The Hall–Kier alpha value is -1.89. The summed E-state index contributed by atoms with van der Waals surface area (Å²) in [5.74, 6) is -0.269. The third kappa shape index (κ3) is 5.29. The molecule has 0 spiro atoms. The van der Waals surface area contributed by atoms with Crippen LogP contribution < -0.4 is 10.0 Å². The van der Waals surface area contributed by atoms with Crippen molar-refractivity contribution in [1.82, 2.24) is 10.0 Å². The fourth-order valence-corrected chi connectivity index (χ4v) is 3.38. The van der Waals surface area contributed by atoms with Gasteiger partial charge >= 0.3 is 0 Å². The summed E-state index contributed by atoms with van der Waals surface area (Å²) in [6.45, 7) is 4.42. The molecule has 0 bridgehead atoms. The van der Waals surface area contributed by atoms with Gasteiger partial charge < -0.3 is 5.32 Å². The van der Waals surface area contributed by atoms with Crippen LogP contribution >= 0.6 is 11.6 Å². The Morgan fingerprint density at radius 3 is 2.44 bits per heavy atom. The predicted octanol–water partition coefficient (Wildman–Crippen LogP) is 3.27. The number of hydrogen-bond acceptors (Lipinski definition) is 3. The van der Waals surface area contributed by atoms with Crippen LogP contribution in [0.4, 0.5) is 0 Å². The smallest absolute Gasteiger partial charge is 0.251 e. The van der Waals surface area contributed by atoms with Gasteiger partial charge in [-0.05, 0) is 48.7 Å². The minimum atomic E-state index is -3.72. The van der Waals surface area contributed by atoms with Crippen molar-refractivity contribution in [2.75, 3.05) is 6.54 Å². The Bertz CT molecular complexity index is 849. The lowest BCUT2D eigenvalue weighted by atomic mass is 10.1. The van der Waals surface area contributed by atoms with Gasteiger partial charge in [0, 0.05) is 23.7 Å². The van der Waals surface area contributed by atoms with Crippen LogP contribution in [0.25, 0.3) is 0 Å².